The van der Waals surface area contributed by atoms with Gasteiger partial charge in [0.2, 0.25) is 11.8 Å². The second-order valence-electron chi connectivity index (χ2n) is 4.60. The lowest BCUT2D eigenvalue weighted by molar-refractivity contribution is -0.121. The van der Waals surface area contributed by atoms with Crippen molar-refractivity contribution in [1.29, 1.82) is 0 Å². The molecule has 0 fully saturated rings. The maximum Gasteiger partial charge on any atom is 0.226 e. The van der Waals surface area contributed by atoms with Crippen LogP contribution >= 0.6 is 11.8 Å². The highest BCUT2D eigenvalue weighted by Crippen LogP contribution is 2.15. The Morgan fingerprint density at radius 3 is 2.86 bits per heavy atom. The minimum atomic E-state index is 0.0694. The molecule has 0 aliphatic heterocycles. The Kier molecular flexibility index (Phi) is 6.27. The van der Waals surface area contributed by atoms with Crippen LogP contribution in [0.3, 0.4) is 0 Å². The van der Waals surface area contributed by atoms with Crippen molar-refractivity contribution >= 4 is 17.7 Å². The molecule has 1 aromatic heterocycles. The highest BCUT2D eigenvalue weighted by molar-refractivity contribution is 7.99. The molecule has 112 valence electrons. The highest BCUT2D eigenvalue weighted by Gasteiger charge is 2.05. The third-order valence-corrected chi connectivity index (χ3v) is 3.81. The first-order valence-corrected chi connectivity index (χ1v) is 7.96. The molecule has 0 saturated heterocycles. The van der Waals surface area contributed by atoms with Crippen molar-refractivity contribution in [1.82, 2.24) is 15.5 Å². The van der Waals surface area contributed by atoms with Crippen LogP contribution in [0.2, 0.25) is 0 Å². The minimum absolute atomic E-state index is 0.0694. The third kappa shape index (κ3) is 5.99. The van der Waals surface area contributed by atoms with Crippen LogP contribution in [0.4, 0.5) is 0 Å². The maximum absolute atomic E-state index is 11.7. The van der Waals surface area contributed by atoms with Crippen molar-refractivity contribution in [2.24, 2.45) is 0 Å². The van der Waals surface area contributed by atoms with E-state index in [1.807, 2.05) is 18.2 Å². The molecule has 6 heteroatoms. The van der Waals surface area contributed by atoms with E-state index in [1.165, 1.54) is 4.90 Å². The van der Waals surface area contributed by atoms with E-state index in [9.17, 15) is 4.79 Å². The zero-order valence-corrected chi connectivity index (χ0v) is 12.9. The number of nitrogens with zero attached hydrogens (tertiary/aromatic N) is 2. The van der Waals surface area contributed by atoms with Gasteiger partial charge < -0.3 is 9.84 Å². The van der Waals surface area contributed by atoms with E-state index in [0.29, 0.717) is 31.1 Å². The van der Waals surface area contributed by atoms with E-state index in [4.69, 9.17) is 4.52 Å². The van der Waals surface area contributed by atoms with Gasteiger partial charge in [-0.05, 0) is 25.5 Å². The summed E-state index contributed by atoms with van der Waals surface area (Å²) in [5.41, 5.74) is 0. The topological polar surface area (TPSA) is 68.0 Å². The van der Waals surface area contributed by atoms with Gasteiger partial charge in [0, 0.05) is 30.0 Å². The summed E-state index contributed by atoms with van der Waals surface area (Å²) < 4.78 is 5.00. The van der Waals surface area contributed by atoms with Gasteiger partial charge >= 0.3 is 0 Å². The highest BCUT2D eigenvalue weighted by atomic mass is 32.2. The molecule has 0 bridgehead atoms. The summed E-state index contributed by atoms with van der Waals surface area (Å²) in [7, 11) is 0. The second-order valence-corrected chi connectivity index (χ2v) is 5.77. The zero-order valence-electron chi connectivity index (χ0n) is 12.0. The molecule has 1 amide bonds. The molecule has 0 unspecified atom stereocenters. The van der Waals surface area contributed by atoms with E-state index in [2.05, 4.69) is 27.6 Å². The Bertz CT molecular complexity index is 557. The Hall–Kier alpha value is -1.82. The maximum atomic E-state index is 11.7. The Morgan fingerprint density at radius 1 is 1.33 bits per heavy atom. The first-order valence-electron chi connectivity index (χ1n) is 6.98. The molecule has 2 aromatic rings. The molecule has 0 spiro atoms. The van der Waals surface area contributed by atoms with Crippen LogP contribution in [0.5, 0.6) is 0 Å². The van der Waals surface area contributed by atoms with Crippen LogP contribution in [-0.2, 0) is 11.2 Å². The van der Waals surface area contributed by atoms with Crippen LogP contribution in [0, 0.1) is 6.92 Å². The van der Waals surface area contributed by atoms with Crippen LogP contribution in [-0.4, -0.2) is 28.3 Å². The molecular formula is C15H19N3O2S. The number of hydrogen-bond donors (Lipinski definition) is 1. The number of amides is 1. The average Bonchev–Trinajstić information content (AvgIpc) is 2.90. The molecule has 5 nitrogen and oxygen atoms in total. The monoisotopic (exact) mass is 305 g/mol. The number of rotatable bonds is 8. The number of thioether (sulfide) groups is 1. The number of aromatic nitrogens is 2. The first kappa shape index (κ1) is 15.6. The van der Waals surface area contributed by atoms with Crippen molar-refractivity contribution in [2.75, 3.05) is 12.3 Å². The zero-order chi connectivity index (χ0) is 14.9. The molecule has 1 aromatic carbocycles. The number of benzene rings is 1. The first-order chi connectivity index (χ1) is 10.2. The molecule has 1 N–H and O–H groups in total. The number of hydrogen-bond acceptors (Lipinski definition) is 5. The lowest BCUT2D eigenvalue weighted by atomic mass is 10.2. The predicted molar refractivity (Wildman–Crippen MR) is 82.1 cm³/mol. The SMILES string of the molecule is Cc1noc(CCCC(=O)NCCSc2ccccc2)n1. The Labute approximate surface area is 128 Å². The van der Waals surface area contributed by atoms with Gasteiger partial charge in [0.05, 0.1) is 0 Å². The summed E-state index contributed by atoms with van der Waals surface area (Å²) in [6, 6.07) is 10.2. The fourth-order valence-corrected chi connectivity index (χ4v) is 2.60. The van der Waals surface area contributed by atoms with Crippen molar-refractivity contribution in [3.05, 3.63) is 42.0 Å². The smallest absolute Gasteiger partial charge is 0.226 e. The van der Waals surface area contributed by atoms with Crippen LogP contribution in [0.15, 0.2) is 39.8 Å². The normalized spacial score (nSPS) is 10.5. The van der Waals surface area contributed by atoms with Gasteiger partial charge in [0.1, 0.15) is 0 Å². The van der Waals surface area contributed by atoms with Crippen molar-refractivity contribution in [2.45, 2.75) is 31.1 Å². The molecule has 0 atom stereocenters. The molecule has 0 radical (unpaired) electrons. The summed E-state index contributed by atoms with van der Waals surface area (Å²) >= 11 is 1.74. The van der Waals surface area contributed by atoms with E-state index in [0.717, 1.165) is 12.2 Å². The number of carbonyl (C=O) groups excluding carboxylic acids is 1. The van der Waals surface area contributed by atoms with Gasteiger partial charge in [-0.15, -0.1) is 11.8 Å². The van der Waals surface area contributed by atoms with Gasteiger partial charge in [-0.1, -0.05) is 23.4 Å². The predicted octanol–water partition coefficient (Wildman–Crippen LogP) is 2.61. The average molecular weight is 305 g/mol. The summed E-state index contributed by atoms with van der Waals surface area (Å²) in [5.74, 6) is 2.17. The fraction of sp³-hybridized carbons (Fsp3) is 0.400. The van der Waals surface area contributed by atoms with Gasteiger partial charge in [-0.25, -0.2) is 0 Å². The standard InChI is InChI=1S/C15H19N3O2S/c1-12-17-15(20-18-12)9-5-8-14(19)16-10-11-21-13-6-3-2-4-7-13/h2-4,6-7H,5,8-11H2,1H3,(H,16,19). The van der Waals surface area contributed by atoms with Crippen molar-refractivity contribution < 1.29 is 9.32 Å². The van der Waals surface area contributed by atoms with E-state index >= 15 is 0 Å². The van der Waals surface area contributed by atoms with Gasteiger partial charge in [0.25, 0.3) is 0 Å². The van der Waals surface area contributed by atoms with Crippen molar-refractivity contribution in [3.63, 3.8) is 0 Å². The lowest BCUT2D eigenvalue weighted by Gasteiger charge is -2.04. The minimum Gasteiger partial charge on any atom is -0.355 e. The van der Waals surface area contributed by atoms with E-state index in [-0.39, 0.29) is 5.91 Å². The summed E-state index contributed by atoms with van der Waals surface area (Å²) in [6.45, 7) is 2.46. The molecule has 0 aliphatic rings. The third-order valence-electron chi connectivity index (χ3n) is 2.80. The molecule has 2 rings (SSSR count). The molecule has 0 aliphatic carbocycles. The van der Waals surface area contributed by atoms with Crippen LogP contribution in [0.1, 0.15) is 24.6 Å². The van der Waals surface area contributed by atoms with Gasteiger partial charge in [0.15, 0.2) is 5.82 Å². The Balaban J connectivity index is 1.53. The Morgan fingerprint density at radius 2 is 2.14 bits per heavy atom. The molecular weight excluding hydrogens is 286 g/mol. The second kappa shape index (κ2) is 8.46. The molecule has 1 heterocycles. The summed E-state index contributed by atoms with van der Waals surface area (Å²) in [5, 5.41) is 6.63. The molecule has 21 heavy (non-hydrogen) atoms. The number of nitrogens with one attached hydrogen (secondary N) is 1. The van der Waals surface area contributed by atoms with Gasteiger partial charge in [-0.3, -0.25) is 4.79 Å². The number of carbonyl (C=O) groups is 1. The summed E-state index contributed by atoms with van der Waals surface area (Å²) in [6.07, 6.45) is 1.85. The van der Waals surface area contributed by atoms with Crippen LogP contribution in [0.25, 0.3) is 0 Å². The fourth-order valence-electron chi connectivity index (χ4n) is 1.81. The largest absolute Gasteiger partial charge is 0.355 e. The summed E-state index contributed by atoms with van der Waals surface area (Å²) in [4.78, 5) is 17.0. The number of aryl methyl sites for hydroxylation is 2. The molecule has 0 saturated carbocycles. The van der Waals surface area contributed by atoms with Gasteiger partial charge in [-0.2, -0.15) is 4.98 Å². The lowest BCUT2D eigenvalue weighted by Crippen LogP contribution is -2.25. The van der Waals surface area contributed by atoms with Crippen LogP contribution < -0.4 is 5.32 Å². The van der Waals surface area contributed by atoms with E-state index in [1.54, 1.807) is 18.7 Å². The van der Waals surface area contributed by atoms with E-state index < -0.39 is 0 Å². The van der Waals surface area contributed by atoms with Crippen molar-refractivity contribution in [3.8, 4) is 0 Å². The quantitative estimate of drug-likeness (QED) is 0.600.